The van der Waals surface area contributed by atoms with E-state index in [1.807, 2.05) is 81.4 Å². The van der Waals surface area contributed by atoms with Crippen LogP contribution in [0.2, 0.25) is 0 Å². The van der Waals surface area contributed by atoms with Crippen molar-refractivity contribution in [3.63, 3.8) is 0 Å². The van der Waals surface area contributed by atoms with Crippen molar-refractivity contribution in [2.75, 3.05) is 13.1 Å². The van der Waals surface area contributed by atoms with E-state index in [-0.39, 0.29) is 24.7 Å². The molecular weight excluding hydrogens is 380 g/mol. The Morgan fingerprint density at radius 3 is 2.30 bits per heavy atom. The number of carbonyl (C=O) groups excluding carboxylic acids is 2. The van der Waals surface area contributed by atoms with Crippen molar-refractivity contribution in [3.8, 4) is 0 Å². The van der Waals surface area contributed by atoms with E-state index in [1.54, 1.807) is 4.90 Å². The molecule has 1 saturated heterocycles. The molecule has 30 heavy (non-hydrogen) atoms. The third-order valence-electron chi connectivity index (χ3n) is 5.01. The first-order chi connectivity index (χ1) is 14.3. The highest BCUT2D eigenvalue weighted by atomic mass is 16.6. The molecule has 0 aliphatic carbocycles. The van der Waals surface area contributed by atoms with Crippen LogP contribution in [0.1, 0.15) is 44.2 Å². The predicted octanol–water partition coefficient (Wildman–Crippen LogP) is 4.71. The molecule has 1 heterocycles. The monoisotopic (exact) mass is 410 g/mol. The van der Waals surface area contributed by atoms with Crippen molar-refractivity contribution in [2.24, 2.45) is 0 Å². The second-order valence-electron chi connectivity index (χ2n) is 8.54. The maximum absolute atomic E-state index is 12.6. The Morgan fingerprint density at radius 2 is 1.67 bits per heavy atom. The van der Waals surface area contributed by atoms with Gasteiger partial charge in [-0.2, -0.15) is 0 Å². The molecule has 0 spiro atoms. The van der Waals surface area contributed by atoms with Gasteiger partial charge in [0.1, 0.15) is 12.2 Å². The Kier molecular flexibility index (Phi) is 6.98. The van der Waals surface area contributed by atoms with E-state index in [2.05, 4.69) is 5.32 Å². The lowest BCUT2D eigenvalue weighted by molar-refractivity contribution is 0.0175. The zero-order valence-corrected chi connectivity index (χ0v) is 17.8. The number of ether oxygens (including phenoxy) is 2. The van der Waals surface area contributed by atoms with E-state index < -0.39 is 11.7 Å². The van der Waals surface area contributed by atoms with E-state index in [1.165, 1.54) is 0 Å². The average molecular weight is 411 g/mol. The molecule has 2 amide bonds. The summed E-state index contributed by atoms with van der Waals surface area (Å²) in [4.78, 5) is 26.7. The Hall–Kier alpha value is -3.02. The number of amides is 2. The molecule has 160 valence electrons. The highest BCUT2D eigenvalue weighted by molar-refractivity contribution is 5.69. The second kappa shape index (κ2) is 9.65. The number of carbonyl (C=O) groups is 2. The van der Waals surface area contributed by atoms with Crippen LogP contribution in [0, 0.1) is 0 Å². The SMILES string of the molecule is CC(C)(C)OC(=O)N1CC[C@@H](NC(=O)OCc2ccccc2)[C@H](c2ccccc2)C1. The number of benzene rings is 2. The standard InChI is InChI=1S/C24H30N2O4/c1-24(2,3)30-23(28)26-15-14-21(20(16-26)19-12-8-5-9-13-19)25-22(27)29-17-18-10-6-4-7-11-18/h4-13,20-21H,14-17H2,1-3H3,(H,25,27)/t20-,21+/m0/s1. The van der Waals surface area contributed by atoms with Crippen LogP contribution >= 0.6 is 0 Å². The molecule has 1 aliphatic heterocycles. The minimum atomic E-state index is -0.546. The largest absolute Gasteiger partial charge is 0.445 e. The topological polar surface area (TPSA) is 67.9 Å². The summed E-state index contributed by atoms with van der Waals surface area (Å²) >= 11 is 0. The third-order valence-corrected chi connectivity index (χ3v) is 5.01. The van der Waals surface area contributed by atoms with Crippen molar-refractivity contribution >= 4 is 12.2 Å². The molecule has 0 bridgehead atoms. The zero-order valence-electron chi connectivity index (χ0n) is 17.8. The van der Waals surface area contributed by atoms with Crippen molar-refractivity contribution in [1.29, 1.82) is 0 Å². The zero-order chi connectivity index (χ0) is 21.6. The number of piperidine rings is 1. The maximum Gasteiger partial charge on any atom is 0.410 e. The second-order valence-corrected chi connectivity index (χ2v) is 8.54. The first-order valence-corrected chi connectivity index (χ1v) is 10.3. The van der Waals surface area contributed by atoms with Crippen molar-refractivity contribution < 1.29 is 19.1 Å². The number of nitrogens with zero attached hydrogens (tertiary/aromatic N) is 1. The van der Waals surface area contributed by atoms with E-state index in [0.29, 0.717) is 19.5 Å². The normalized spacial score (nSPS) is 19.1. The fraction of sp³-hybridized carbons (Fsp3) is 0.417. The Bertz CT molecular complexity index is 833. The smallest absolute Gasteiger partial charge is 0.410 e. The van der Waals surface area contributed by atoms with Crippen LogP contribution in [0.5, 0.6) is 0 Å². The number of likely N-dealkylation sites (tertiary alicyclic amines) is 1. The minimum Gasteiger partial charge on any atom is -0.445 e. The number of alkyl carbamates (subject to hydrolysis) is 1. The molecular formula is C24H30N2O4. The van der Waals surface area contributed by atoms with Gasteiger partial charge in [-0.25, -0.2) is 9.59 Å². The van der Waals surface area contributed by atoms with E-state index in [9.17, 15) is 9.59 Å². The van der Waals surface area contributed by atoms with Crippen LogP contribution < -0.4 is 5.32 Å². The van der Waals surface area contributed by atoms with Gasteiger partial charge in [0, 0.05) is 25.0 Å². The lowest BCUT2D eigenvalue weighted by Crippen LogP contribution is -2.52. The predicted molar refractivity (Wildman–Crippen MR) is 115 cm³/mol. The summed E-state index contributed by atoms with van der Waals surface area (Å²) in [6.45, 7) is 6.79. The minimum absolute atomic E-state index is 0.0447. The van der Waals surface area contributed by atoms with Gasteiger partial charge in [0.25, 0.3) is 0 Å². The van der Waals surface area contributed by atoms with Crippen LogP contribution in [-0.2, 0) is 16.1 Å². The summed E-state index contributed by atoms with van der Waals surface area (Å²) in [5, 5.41) is 3.01. The summed E-state index contributed by atoms with van der Waals surface area (Å²) < 4.78 is 10.9. The molecule has 1 fully saturated rings. The lowest BCUT2D eigenvalue weighted by Gasteiger charge is -2.39. The molecule has 1 N–H and O–H groups in total. The first kappa shape index (κ1) is 21.7. The van der Waals surface area contributed by atoms with Gasteiger partial charge in [0.2, 0.25) is 0 Å². The van der Waals surface area contributed by atoms with Gasteiger partial charge in [0.15, 0.2) is 0 Å². The number of rotatable bonds is 4. The molecule has 2 aromatic carbocycles. The molecule has 0 unspecified atom stereocenters. The third kappa shape index (κ3) is 6.24. The quantitative estimate of drug-likeness (QED) is 0.793. The average Bonchev–Trinajstić information content (AvgIpc) is 2.72. The van der Waals surface area contributed by atoms with Crippen LogP contribution in [0.15, 0.2) is 60.7 Å². The Balaban J connectivity index is 1.65. The van der Waals surface area contributed by atoms with Crippen LogP contribution in [-0.4, -0.2) is 41.8 Å². The molecule has 0 radical (unpaired) electrons. The van der Waals surface area contributed by atoms with Gasteiger partial charge in [-0.1, -0.05) is 60.7 Å². The Labute approximate surface area is 178 Å². The van der Waals surface area contributed by atoms with Crippen LogP contribution in [0.4, 0.5) is 9.59 Å². The Morgan fingerprint density at radius 1 is 1.03 bits per heavy atom. The van der Waals surface area contributed by atoms with Crippen LogP contribution in [0.3, 0.4) is 0 Å². The molecule has 3 rings (SSSR count). The summed E-state index contributed by atoms with van der Waals surface area (Å²) in [6.07, 6.45) is -0.150. The van der Waals surface area contributed by atoms with Crippen molar-refractivity contribution in [2.45, 2.75) is 51.4 Å². The lowest BCUT2D eigenvalue weighted by atomic mass is 9.86. The number of hydrogen-bond acceptors (Lipinski definition) is 4. The van der Waals surface area contributed by atoms with E-state index in [4.69, 9.17) is 9.47 Å². The highest BCUT2D eigenvalue weighted by Crippen LogP contribution is 2.28. The molecule has 1 aliphatic rings. The number of hydrogen-bond donors (Lipinski definition) is 1. The van der Waals surface area contributed by atoms with E-state index >= 15 is 0 Å². The van der Waals surface area contributed by atoms with Gasteiger partial charge in [0.05, 0.1) is 0 Å². The van der Waals surface area contributed by atoms with Crippen molar-refractivity contribution in [1.82, 2.24) is 10.2 Å². The summed E-state index contributed by atoms with van der Waals surface area (Å²) in [6, 6.07) is 19.4. The van der Waals surface area contributed by atoms with E-state index in [0.717, 1.165) is 11.1 Å². The fourth-order valence-corrected chi connectivity index (χ4v) is 3.57. The first-order valence-electron chi connectivity index (χ1n) is 10.3. The summed E-state index contributed by atoms with van der Waals surface area (Å²) in [7, 11) is 0. The molecule has 6 nitrogen and oxygen atoms in total. The van der Waals surface area contributed by atoms with Crippen LogP contribution in [0.25, 0.3) is 0 Å². The highest BCUT2D eigenvalue weighted by Gasteiger charge is 2.35. The van der Waals surface area contributed by atoms with Gasteiger partial charge < -0.3 is 19.7 Å². The molecule has 2 aromatic rings. The molecule has 2 atom stereocenters. The molecule has 0 aromatic heterocycles. The molecule has 0 saturated carbocycles. The van der Waals surface area contributed by atoms with Gasteiger partial charge in [-0.05, 0) is 38.3 Å². The van der Waals surface area contributed by atoms with Crippen molar-refractivity contribution in [3.05, 3.63) is 71.8 Å². The molecule has 6 heteroatoms. The number of nitrogens with one attached hydrogen (secondary N) is 1. The summed E-state index contributed by atoms with van der Waals surface area (Å²) in [5.41, 5.74) is 1.46. The summed E-state index contributed by atoms with van der Waals surface area (Å²) in [5.74, 6) is -0.0447. The van der Waals surface area contributed by atoms with Gasteiger partial charge in [-0.3, -0.25) is 0 Å². The van der Waals surface area contributed by atoms with Gasteiger partial charge >= 0.3 is 12.2 Å². The van der Waals surface area contributed by atoms with Gasteiger partial charge in [-0.15, -0.1) is 0 Å². The fourth-order valence-electron chi connectivity index (χ4n) is 3.57. The maximum atomic E-state index is 12.6.